The zero-order chi connectivity index (χ0) is 13.9. The van der Waals surface area contributed by atoms with Gasteiger partial charge in [-0.15, -0.1) is 0 Å². The van der Waals surface area contributed by atoms with Crippen LogP contribution in [0.1, 0.15) is 17.9 Å². The smallest absolute Gasteiger partial charge is 0.123 e. The van der Waals surface area contributed by atoms with Crippen molar-refractivity contribution in [1.29, 1.82) is 0 Å². The zero-order valence-corrected chi connectivity index (χ0v) is 11.6. The van der Waals surface area contributed by atoms with Crippen LogP contribution in [0.25, 0.3) is 0 Å². The predicted octanol–water partition coefficient (Wildman–Crippen LogP) is 3.86. The number of benzene rings is 2. The van der Waals surface area contributed by atoms with Gasteiger partial charge in [-0.3, -0.25) is 0 Å². The molecule has 3 heteroatoms. The number of nitrogens with one attached hydrogen (secondary N) is 1. The molecule has 2 aromatic rings. The van der Waals surface area contributed by atoms with Gasteiger partial charge in [0.25, 0.3) is 0 Å². The molecule has 0 saturated heterocycles. The molecule has 0 amide bonds. The van der Waals surface area contributed by atoms with Gasteiger partial charge in [0.15, 0.2) is 0 Å². The second kappa shape index (κ2) is 5.53. The third kappa shape index (κ3) is 2.62. The van der Waals surface area contributed by atoms with E-state index in [1.807, 2.05) is 12.1 Å². The van der Waals surface area contributed by atoms with E-state index in [1.165, 1.54) is 23.4 Å². The molecular formula is C17H19FN2. The van der Waals surface area contributed by atoms with Crippen molar-refractivity contribution in [3.05, 3.63) is 59.9 Å². The molecule has 0 spiro atoms. The summed E-state index contributed by atoms with van der Waals surface area (Å²) in [5, 5.41) is 3.44. The van der Waals surface area contributed by atoms with Crippen LogP contribution < -0.4 is 10.2 Å². The number of anilines is 2. The molecule has 0 fully saturated rings. The monoisotopic (exact) mass is 270 g/mol. The Morgan fingerprint density at radius 1 is 1.15 bits per heavy atom. The number of para-hydroxylation sites is 1. The highest BCUT2D eigenvalue weighted by atomic mass is 19.1. The van der Waals surface area contributed by atoms with E-state index in [2.05, 4.69) is 41.5 Å². The van der Waals surface area contributed by atoms with Gasteiger partial charge in [-0.25, -0.2) is 4.39 Å². The standard InChI is InChI=1S/C17H19FN2/c1-20(15-8-6-14(18)7-9-15)12-13-10-11-19-17-5-3-2-4-16(13)17/h2-9,13,19H,10-12H2,1H3. The fourth-order valence-corrected chi connectivity index (χ4v) is 2.87. The summed E-state index contributed by atoms with van der Waals surface area (Å²) in [6.45, 7) is 1.96. The Bertz CT molecular complexity index is 580. The Labute approximate surface area is 119 Å². The molecule has 0 bridgehead atoms. The summed E-state index contributed by atoms with van der Waals surface area (Å²) in [7, 11) is 2.07. The Balaban J connectivity index is 1.77. The van der Waals surface area contributed by atoms with Crippen LogP contribution in [0.3, 0.4) is 0 Å². The number of nitrogens with zero attached hydrogens (tertiary/aromatic N) is 1. The van der Waals surface area contributed by atoms with E-state index in [-0.39, 0.29) is 5.82 Å². The fraction of sp³-hybridized carbons (Fsp3) is 0.294. The maximum atomic E-state index is 13.0. The van der Waals surface area contributed by atoms with Crippen molar-refractivity contribution in [1.82, 2.24) is 0 Å². The van der Waals surface area contributed by atoms with Crippen molar-refractivity contribution in [3.8, 4) is 0 Å². The molecule has 1 aliphatic rings. The summed E-state index contributed by atoms with van der Waals surface area (Å²) in [4.78, 5) is 2.20. The lowest BCUT2D eigenvalue weighted by Gasteiger charge is -2.31. The first-order valence-electron chi connectivity index (χ1n) is 7.03. The molecule has 0 radical (unpaired) electrons. The Hall–Kier alpha value is -2.03. The van der Waals surface area contributed by atoms with Crippen LogP contribution in [0.4, 0.5) is 15.8 Å². The molecule has 2 nitrogen and oxygen atoms in total. The molecule has 0 aromatic heterocycles. The quantitative estimate of drug-likeness (QED) is 0.911. The van der Waals surface area contributed by atoms with Gasteiger partial charge in [0.1, 0.15) is 5.82 Å². The number of hydrogen-bond acceptors (Lipinski definition) is 2. The van der Waals surface area contributed by atoms with Gasteiger partial charge in [-0.2, -0.15) is 0 Å². The number of hydrogen-bond donors (Lipinski definition) is 1. The van der Waals surface area contributed by atoms with Gasteiger partial charge in [-0.05, 0) is 42.3 Å². The average molecular weight is 270 g/mol. The van der Waals surface area contributed by atoms with Gasteiger partial charge in [-0.1, -0.05) is 18.2 Å². The lowest BCUT2D eigenvalue weighted by atomic mass is 9.90. The van der Waals surface area contributed by atoms with Gasteiger partial charge in [0.2, 0.25) is 0 Å². The normalized spacial score (nSPS) is 17.2. The topological polar surface area (TPSA) is 15.3 Å². The molecule has 20 heavy (non-hydrogen) atoms. The van der Waals surface area contributed by atoms with E-state index in [4.69, 9.17) is 0 Å². The molecular weight excluding hydrogens is 251 g/mol. The maximum absolute atomic E-state index is 13.0. The summed E-state index contributed by atoms with van der Waals surface area (Å²) >= 11 is 0. The van der Waals surface area contributed by atoms with Crippen LogP contribution in [-0.4, -0.2) is 20.1 Å². The first-order valence-corrected chi connectivity index (χ1v) is 7.03. The largest absolute Gasteiger partial charge is 0.385 e. The van der Waals surface area contributed by atoms with Crippen LogP contribution in [0.5, 0.6) is 0 Å². The predicted molar refractivity (Wildman–Crippen MR) is 82.0 cm³/mol. The Kier molecular flexibility index (Phi) is 3.59. The number of rotatable bonds is 3. The molecule has 1 aliphatic heterocycles. The molecule has 0 saturated carbocycles. The number of fused-ring (bicyclic) bond motifs is 1. The number of likely N-dealkylation sites (N-methyl/N-ethyl adjacent to an activating group) is 1. The Morgan fingerprint density at radius 2 is 1.90 bits per heavy atom. The van der Waals surface area contributed by atoms with Gasteiger partial charge in [0, 0.05) is 37.4 Å². The van der Waals surface area contributed by atoms with Gasteiger partial charge >= 0.3 is 0 Å². The number of halogens is 1. The lowest BCUT2D eigenvalue weighted by molar-refractivity contribution is 0.616. The molecule has 3 rings (SSSR count). The van der Waals surface area contributed by atoms with Crippen LogP contribution in [0.15, 0.2) is 48.5 Å². The summed E-state index contributed by atoms with van der Waals surface area (Å²) in [5.74, 6) is 0.330. The second-order valence-electron chi connectivity index (χ2n) is 5.36. The van der Waals surface area contributed by atoms with E-state index < -0.39 is 0 Å². The van der Waals surface area contributed by atoms with Crippen molar-refractivity contribution in [2.75, 3.05) is 30.4 Å². The van der Waals surface area contributed by atoms with E-state index in [0.29, 0.717) is 5.92 Å². The van der Waals surface area contributed by atoms with Crippen molar-refractivity contribution in [2.24, 2.45) is 0 Å². The van der Waals surface area contributed by atoms with Crippen LogP contribution in [-0.2, 0) is 0 Å². The van der Waals surface area contributed by atoms with Gasteiger partial charge < -0.3 is 10.2 Å². The van der Waals surface area contributed by atoms with Crippen molar-refractivity contribution in [2.45, 2.75) is 12.3 Å². The summed E-state index contributed by atoms with van der Waals surface area (Å²) in [5.41, 5.74) is 3.69. The van der Waals surface area contributed by atoms with Crippen molar-refractivity contribution < 1.29 is 4.39 Å². The molecule has 1 N–H and O–H groups in total. The van der Waals surface area contributed by atoms with E-state index in [1.54, 1.807) is 0 Å². The summed E-state index contributed by atoms with van der Waals surface area (Å²) in [6.07, 6.45) is 1.13. The SMILES string of the molecule is CN(CC1CCNc2ccccc21)c1ccc(F)cc1. The first kappa shape index (κ1) is 13.0. The van der Waals surface area contributed by atoms with Gasteiger partial charge in [0.05, 0.1) is 0 Å². The van der Waals surface area contributed by atoms with Crippen molar-refractivity contribution in [3.63, 3.8) is 0 Å². The first-order chi connectivity index (χ1) is 9.74. The van der Waals surface area contributed by atoms with Crippen molar-refractivity contribution >= 4 is 11.4 Å². The van der Waals surface area contributed by atoms with Crippen LogP contribution in [0, 0.1) is 5.82 Å². The third-order valence-corrected chi connectivity index (χ3v) is 3.97. The average Bonchev–Trinajstić information content (AvgIpc) is 2.48. The second-order valence-corrected chi connectivity index (χ2v) is 5.36. The highest BCUT2D eigenvalue weighted by molar-refractivity contribution is 5.56. The molecule has 1 heterocycles. The maximum Gasteiger partial charge on any atom is 0.123 e. The molecule has 1 atom stereocenters. The third-order valence-electron chi connectivity index (χ3n) is 3.97. The minimum atomic E-state index is -0.186. The Morgan fingerprint density at radius 3 is 2.70 bits per heavy atom. The minimum Gasteiger partial charge on any atom is -0.385 e. The summed E-state index contributed by atoms with van der Waals surface area (Å²) in [6, 6.07) is 15.2. The highest BCUT2D eigenvalue weighted by Crippen LogP contribution is 2.32. The zero-order valence-electron chi connectivity index (χ0n) is 11.6. The molecule has 2 aromatic carbocycles. The molecule has 0 aliphatic carbocycles. The fourth-order valence-electron chi connectivity index (χ4n) is 2.87. The molecule has 104 valence electrons. The lowest BCUT2D eigenvalue weighted by Crippen LogP contribution is -2.28. The minimum absolute atomic E-state index is 0.186. The van der Waals surface area contributed by atoms with Crippen LogP contribution in [0.2, 0.25) is 0 Å². The summed E-state index contributed by atoms with van der Waals surface area (Å²) < 4.78 is 13.0. The highest BCUT2D eigenvalue weighted by Gasteiger charge is 2.20. The van der Waals surface area contributed by atoms with E-state index >= 15 is 0 Å². The van der Waals surface area contributed by atoms with E-state index in [9.17, 15) is 4.39 Å². The van der Waals surface area contributed by atoms with E-state index in [0.717, 1.165) is 25.2 Å². The van der Waals surface area contributed by atoms with Crippen LogP contribution >= 0.6 is 0 Å². The molecule has 1 unspecified atom stereocenters.